The third-order valence-corrected chi connectivity index (χ3v) is 2.42. The molecule has 0 fully saturated rings. The second-order valence-corrected chi connectivity index (χ2v) is 3.96. The topological polar surface area (TPSA) is 0 Å². The van der Waals surface area contributed by atoms with Crippen molar-refractivity contribution in [3.05, 3.63) is 24.3 Å². The van der Waals surface area contributed by atoms with Crippen LogP contribution in [0.25, 0.3) is 0 Å². The van der Waals surface area contributed by atoms with E-state index in [1.54, 1.807) is 0 Å². The molecule has 0 spiro atoms. The number of quaternary nitrogens is 1. The summed E-state index contributed by atoms with van der Waals surface area (Å²) in [6.07, 6.45) is 8.72. The van der Waals surface area contributed by atoms with Crippen LogP contribution in [0.2, 0.25) is 0 Å². The molecule has 0 saturated heterocycles. The van der Waals surface area contributed by atoms with E-state index < -0.39 is 0 Å². The summed E-state index contributed by atoms with van der Waals surface area (Å²) in [4.78, 5) is 0. The summed E-state index contributed by atoms with van der Waals surface area (Å²) >= 11 is 0. The largest absolute Gasteiger partial charge is 2.00 e. The fraction of sp³-hybridized carbons (Fsp3) is 0.556. The Morgan fingerprint density at radius 2 is 1.36 bits per heavy atom. The van der Waals surface area contributed by atoms with Crippen LogP contribution in [0.1, 0.15) is 6.92 Å². The molecule has 0 radical (unpaired) electrons. The minimum absolute atomic E-state index is 0. The zero-order valence-electron chi connectivity index (χ0n) is 7.57. The fourth-order valence-corrected chi connectivity index (χ4v) is 1.00. The number of nitrogens with zero attached hydrogens (tertiary/aromatic N) is 1. The van der Waals surface area contributed by atoms with Crippen LogP contribution >= 0.6 is 0 Å². The average molecular weight is 333 g/mol. The number of hydrogen-bond donors (Lipinski definition) is 0. The molecule has 1 nitrogen and oxygen atoms in total. The van der Waals surface area contributed by atoms with Gasteiger partial charge in [-0.25, -0.2) is 0 Å². The number of allylic oxidation sites excluding steroid dienone is 2. The quantitative estimate of drug-likeness (QED) is 0.639. The molecule has 0 aromatic rings. The third kappa shape index (κ3) is 2.04. The summed E-state index contributed by atoms with van der Waals surface area (Å²) in [6, 6.07) is 0. The average Bonchev–Trinajstić information content (AvgIpc) is 2.13. The zero-order valence-corrected chi connectivity index (χ0v) is 9.85. The Hall–Kier alpha value is 0.128. The summed E-state index contributed by atoms with van der Waals surface area (Å²) < 4.78 is 0.958. The van der Waals surface area contributed by atoms with Crippen molar-refractivity contribution in [2.45, 2.75) is 12.5 Å². The predicted octanol–water partition coefficient (Wildman–Crippen LogP) is 1.57. The van der Waals surface area contributed by atoms with E-state index in [-0.39, 0.29) is 26.6 Å². The fourth-order valence-electron chi connectivity index (χ4n) is 1.00. The van der Waals surface area contributed by atoms with Gasteiger partial charge in [-0.2, -0.15) is 0 Å². The van der Waals surface area contributed by atoms with Gasteiger partial charge in [-0.1, -0.05) is 12.2 Å². The van der Waals surface area contributed by atoms with E-state index in [4.69, 9.17) is 0 Å². The van der Waals surface area contributed by atoms with E-state index in [0.29, 0.717) is 0 Å². The van der Waals surface area contributed by atoms with Gasteiger partial charge in [0.1, 0.15) is 5.54 Å². The molecule has 0 heterocycles. The molecule has 0 saturated carbocycles. The van der Waals surface area contributed by atoms with Crippen molar-refractivity contribution in [2.24, 2.45) is 0 Å². The van der Waals surface area contributed by atoms with E-state index in [1.165, 1.54) is 0 Å². The summed E-state index contributed by atoms with van der Waals surface area (Å²) in [7, 11) is 6.62. The van der Waals surface area contributed by atoms with Gasteiger partial charge in [0.2, 0.25) is 0 Å². The summed E-state index contributed by atoms with van der Waals surface area (Å²) in [5, 5.41) is 0. The maximum absolute atomic E-state index is 2.24. The van der Waals surface area contributed by atoms with E-state index in [1.807, 2.05) is 0 Å². The van der Waals surface area contributed by atoms with Crippen molar-refractivity contribution in [3.63, 3.8) is 0 Å². The smallest absolute Gasteiger partial charge is 0.320 e. The molecule has 11 heavy (non-hydrogen) atoms. The molecule has 0 unspecified atom stereocenters. The molecular weight excluding hydrogens is 317 g/mol. The van der Waals surface area contributed by atoms with E-state index in [0.717, 1.165) is 4.48 Å². The Kier molecular flexibility index (Phi) is 3.28. The molecule has 0 aliphatic heterocycles. The van der Waals surface area contributed by atoms with E-state index >= 15 is 0 Å². The van der Waals surface area contributed by atoms with Gasteiger partial charge in [0.05, 0.1) is 21.1 Å². The van der Waals surface area contributed by atoms with Crippen LogP contribution in [-0.4, -0.2) is 31.2 Å². The van der Waals surface area contributed by atoms with E-state index in [2.05, 4.69) is 52.4 Å². The van der Waals surface area contributed by atoms with Gasteiger partial charge < -0.3 is 4.48 Å². The molecule has 0 aromatic heterocycles. The van der Waals surface area contributed by atoms with Gasteiger partial charge >= 0.3 is 21.1 Å². The minimum atomic E-state index is 0. The zero-order chi connectivity index (χ0) is 7.83. The van der Waals surface area contributed by atoms with Gasteiger partial charge in [0.25, 0.3) is 0 Å². The second kappa shape index (κ2) is 3.24. The van der Waals surface area contributed by atoms with E-state index in [9.17, 15) is 0 Å². The molecule has 0 bridgehead atoms. The molecule has 0 amide bonds. The SMILES string of the molecule is CC1([N+](C)(C)C)C=CC=C1.[Pt+2]. The molecule has 2 heteroatoms. The van der Waals surface area contributed by atoms with Gasteiger partial charge in [-0.05, 0) is 19.1 Å². The van der Waals surface area contributed by atoms with Crippen LogP contribution in [0.15, 0.2) is 24.3 Å². The van der Waals surface area contributed by atoms with Crippen LogP contribution in [-0.2, 0) is 21.1 Å². The molecule has 0 atom stereocenters. The van der Waals surface area contributed by atoms with Crippen molar-refractivity contribution < 1.29 is 25.5 Å². The normalized spacial score (nSPS) is 20.0. The Morgan fingerprint density at radius 1 is 1.00 bits per heavy atom. The summed E-state index contributed by atoms with van der Waals surface area (Å²) in [6.45, 7) is 2.24. The number of likely N-dealkylation sites (N-methyl/N-ethyl adjacent to an activating group) is 1. The van der Waals surface area contributed by atoms with Crippen LogP contribution in [0.3, 0.4) is 0 Å². The first-order chi connectivity index (χ1) is 4.46. The summed E-state index contributed by atoms with van der Waals surface area (Å²) in [5.41, 5.74) is 0.208. The predicted molar refractivity (Wildman–Crippen MR) is 44.7 cm³/mol. The van der Waals surface area contributed by atoms with Gasteiger partial charge in [-0.15, -0.1) is 0 Å². The maximum atomic E-state index is 2.24. The van der Waals surface area contributed by atoms with Crippen molar-refractivity contribution in [2.75, 3.05) is 21.1 Å². The van der Waals surface area contributed by atoms with Crippen molar-refractivity contribution in [1.82, 2.24) is 0 Å². The maximum Gasteiger partial charge on any atom is 2.00 e. The van der Waals surface area contributed by atoms with Gasteiger partial charge in [0.15, 0.2) is 0 Å². The van der Waals surface area contributed by atoms with Crippen LogP contribution in [0.4, 0.5) is 0 Å². The Morgan fingerprint density at radius 3 is 1.55 bits per heavy atom. The summed E-state index contributed by atoms with van der Waals surface area (Å²) in [5.74, 6) is 0. The Bertz CT molecular complexity index is 174. The van der Waals surface area contributed by atoms with Crippen LogP contribution in [0.5, 0.6) is 0 Å². The first-order valence-electron chi connectivity index (χ1n) is 3.64. The first-order valence-corrected chi connectivity index (χ1v) is 3.64. The first kappa shape index (κ1) is 11.1. The minimum Gasteiger partial charge on any atom is -0.320 e. The molecule has 1 aliphatic rings. The Balaban J connectivity index is 0.000001000. The van der Waals surface area contributed by atoms with Crippen LogP contribution in [0, 0.1) is 0 Å². The van der Waals surface area contributed by atoms with Crippen LogP contribution < -0.4 is 0 Å². The molecule has 64 valence electrons. The monoisotopic (exact) mass is 333 g/mol. The second-order valence-electron chi connectivity index (χ2n) is 3.96. The number of hydrogen-bond acceptors (Lipinski definition) is 0. The van der Waals surface area contributed by atoms with Gasteiger partial charge in [0, 0.05) is 0 Å². The molecule has 0 aromatic carbocycles. The molecule has 1 rings (SSSR count). The Labute approximate surface area is 83.6 Å². The van der Waals surface area contributed by atoms with Crippen molar-refractivity contribution in [1.29, 1.82) is 0 Å². The van der Waals surface area contributed by atoms with Crippen molar-refractivity contribution >= 4 is 0 Å². The molecule has 1 aliphatic carbocycles. The standard InChI is InChI=1S/C9H16N.Pt/c1-9(10(2,3)4)7-5-6-8-9;/h5-8H,1-4H3;/q+1;+2. The van der Waals surface area contributed by atoms with Crippen molar-refractivity contribution in [3.8, 4) is 0 Å². The third-order valence-electron chi connectivity index (χ3n) is 2.42. The number of rotatable bonds is 1. The molecule has 0 N–H and O–H groups in total. The van der Waals surface area contributed by atoms with Gasteiger partial charge in [-0.3, -0.25) is 0 Å². The molecular formula is C9H16NPt+3.